The molecule has 0 unspecified atom stereocenters. The third-order valence-corrected chi connectivity index (χ3v) is 6.43. The predicted octanol–water partition coefficient (Wildman–Crippen LogP) is -24.9. The third-order valence-electron chi connectivity index (χ3n) is 6.43. The molecule has 0 aromatic heterocycles. The second-order valence-corrected chi connectivity index (χ2v) is 12.4. The molecule has 0 aliphatic heterocycles. The van der Waals surface area contributed by atoms with Crippen molar-refractivity contribution in [3.63, 3.8) is 0 Å². The molecule has 0 amide bonds. The zero-order valence-corrected chi connectivity index (χ0v) is 117. The summed E-state index contributed by atoms with van der Waals surface area (Å²) in [7, 11) is 0. The summed E-state index contributed by atoms with van der Waals surface area (Å²) in [5.41, 5.74) is -13.7. The van der Waals surface area contributed by atoms with Gasteiger partial charge in [-0.2, -0.15) is 0 Å². The minimum Gasteiger partial charge on any atom is -0.481 e. The predicted molar refractivity (Wildman–Crippen MR) is 467 cm³/mol. The second kappa shape index (κ2) is 209. The smallest absolute Gasteiger partial charge is 0.481 e. The van der Waals surface area contributed by atoms with E-state index in [4.69, 9.17) is 102 Å². The Bertz CT molecular complexity index is 1550. The SMILES string of the molecule is O=C(O)CC(O)(CC(=O)O)C(=O)O.O=C(O)CC(O)(CC(=O)O)C(=O)O.O=C(O)CC(O)(CC(=O)O)C(=O)O.O=C(O)CC(O)(CC(=O)O)C(=O)O.O=C(O)CC(O)(CC(=O)O)C(=O)O.[Al+3].[Al+3].[Al+3].[Al+3].[Al+3].[Al+3].[Al+3].[Al+3].[Al+3].[Al+3].[Al+3].[Al+3].[Al+3].[Al+3].[Al+3].[Al+3].[Al+3].[Al+3].[Al+3].[Al+3].[Al+3].[Al+3].[Al+3].[Al+3].[Al+3].[Al+3].[Al+3].[Al+3].[Al+3].[Al+3].[Al+3].[Al+3].[Al+3].[Al+3].[Al+3].[Al+3].[Al+3].[Al+3].[Al+3].[Al+3].[Al+3].[Al+3].[Al+3].[Al+3].[Al+3].[Al+3].[Al+3].[Al+3].[Al+3]. The van der Waals surface area contributed by atoms with Crippen molar-refractivity contribution in [3.05, 3.63) is 0 Å². The first kappa shape index (κ1) is 372. The first-order valence-corrected chi connectivity index (χ1v) is 15.9. The van der Waals surface area contributed by atoms with Crippen LogP contribution in [0.4, 0.5) is 0 Å². The van der Waals surface area contributed by atoms with Gasteiger partial charge >= 0.3 is 940 Å². The van der Waals surface area contributed by atoms with Crippen LogP contribution in [0.3, 0.4) is 0 Å². The average Bonchev–Trinajstić information content (AvgIpc) is 3.01. The van der Waals surface area contributed by atoms with E-state index in [1.165, 1.54) is 0 Å². The van der Waals surface area contributed by atoms with Crippen LogP contribution in [0, 0.1) is 0 Å². The molecule has 0 rings (SSSR count). The summed E-state index contributed by atoms with van der Waals surface area (Å²) in [6.45, 7) is 0. The van der Waals surface area contributed by atoms with Crippen molar-refractivity contribution in [3.8, 4) is 0 Å². The number of hydrogen-bond acceptors (Lipinski definition) is 20. The van der Waals surface area contributed by atoms with Gasteiger partial charge in [0.15, 0.2) is 28.0 Å². The first-order valence-electron chi connectivity index (χ1n) is 15.9. The Kier molecular flexibility index (Phi) is 682. The van der Waals surface area contributed by atoms with Gasteiger partial charge in [-0.25, -0.2) is 24.0 Å². The molecule has 0 heterocycles. The Hall–Kier alpha value is 17.9. The average molecular weight is 2280 g/mol. The van der Waals surface area contributed by atoms with Crippen LogP contribution in [0.15, 0.2) is 0 Å². The van der Waals surface area contributed by atoms with Gasteiger partial charge < -0.3 is 102 Å². The molecule has 0 aliphatic carbocycles. The van der Waals surface area contributed by atoms with E-state index in [9.17, 15) is 71.9 Å². The normalized spacial score (nSPS) is 6.18. The molecule has 0 fully saturated rings. The molecule has 0 spiro atoms. The van der Waals surface area contributed by atoms with Crippen molar-refractivity contribution < 1.29 is 174 Å². The van der Waals surface area contributed by atoms with Crippen LogP contribution in [-0.4, -0.2) is 1070 Å². The summed E-state index contributed by atoms with van der Waals surface area (Å²) in [4.78, 5) is 152. The molecule has 0 atom stereocenters. The van der Waals surface area contributed by atoms with Gasteiger partial charge in [-0.05, 0) is 0 Å². The zero-order valence-electron chi connectivity index (χ0n) is 60.4. The standard InChI is InChI=1S/5C6H8O7.49Al/c5*7-3(8)1-6(13,5(11)12)2-4(9)10;;;;;;;;;;;;;;;;;;;;;;;;;;;;;;;;;;;;;;;;;;;;;;;;;/h5*13H,1-2H2,(H,7,8)(H,9,10)(H,11,12);;;;;;;;;;;;;;;;;;;;;;;;;;;;;;;;;;;;;;;;;;;;;;;;;/q;;;;;49*+3. The van der Waals surface area contributed by atoms with Gasteiger partial charge in [-0.3, -0.25) is 47.9 Å². The van der Waals surface area contributed by atoms with Crippen LogP contribution in [0.2, 0.25) is 0 Å². The topological polar surface area (TPSA) is 661 Å². The van der Waals surface area contributed by atoms with E-state index in [-0.39, 0.29) is 851 Å². The fraction of sp³-hybridized carbons (Fsp3) is 0.500. The maximum absolute atomic E-state index is 10.3. The Morgan fingerprint density at radius 3 is 0.167 bits per heavy atom. The summed E-state index contributed by atoms with van der Waals surface area (Å²) in [6.07, 6.45) is -11.4. The van der Waals surface area contributed by atoms with E-state index in [0.717, 1.165) is 0 Å². The molecule has 0 saturated heterocycles. The van der Waals surface area contributed by atoms with Gasteiger partial charge in [0.1, 0.15) is 0 Å². The fourth-order valence-electron chi connectivity index (χ4n) is 3.57. The molecule has 0 saturated carbocycles. The molecule has 84 heteroatoms. The van der Waals surface area contributed by atoms with Crippen LogP contribution >= 0.6 is 0 Å². The summed E-state index contributed by atoms with van der Waals surface area (Å²) in [6, 6.07) is 0. The first-order chi connectivity index (χ1) is 28.9. The van der Waals surface area contributed by atoms with Crippen molar-refractivity contribution in [2.24, 2.45) is 0 Å². The number of carboxylic acid groups (broad SMARTS) is 15. The summed E-state index contributed by atoms with van der Waals surface area (Å²) in [5, 5.41) is 169. The molecule has 20 N–H and O–H groups in total. The van der Waals surface area contributed by atoms with Crippen LogP contribution in [-0.2, 0) is 71.9 Å². The Balaban J connectivity index is -0.00000000685. The second-order valence-electron chi connectivity index (χ2n) is 12.4. The Labute approximate surface area is 1180 Å². The van der Waals surface area contributed by atoms with E-state index in [1.54, 1.807) is 0 Å². The number of rotatable bonds is 25. The quantitative estimate of drug-likeness (QED) is 0.0377. The van der Waals surface area contributed by atoms with E-state index in [2.05, 4.69) is 0 Å². The van der Waals surface area contributed by atoms with Crippen molar-refractivity contribution >= 4 is 940 Å². The number of carboxylic acids is 15. The molecule has 0 aromatic carbocycles. The van der Waals surface area contributed by atoms with Crippen LogP contribution < -0.4 is 0 Å². The van der Waals surface area contributed by atoms with Crippen molar-refractivity contribution in [2.45, 2.75) is 92.2 Å². The molecule has 0 aliphatic rings. The van der Waals surface area contributed by atoms with Crippen molar-refractivity contribution in [1.29, 1.82) is 0 Å². The van der Waals surface area contributed by atoms with E-state index < -0.39 is 182 Å². The van der Waals surface area contributed by atoms with Crippen LogP contribution in [0.5, 0.6) is 0 Å². The largest absolute Gasteiger partial charge is 3.00 e. The number of carbonyl (C=O) groups is 15. The number of aliphatic hydroxyl groups is 5. The molecule has 114 heavy (non-hydrogen) atoms. The molecule has 370 valence electrons. The van der Waals surface area contributed by atoms with Gasteiger partial charge in [-0.1, -0.05) is 0 Å². The summed E-state index contributed by atoms with van der Waals surface area (Å²) < 4.78 is 0. The summed E-state index contributed by atoms with van der Waals surface area (Å²) >= 11 is 0. The monoisotopic (exact) mass is 2280 g/mol. The Morgan fingerprint density at radius 2 is 0.149 bits per heavy atom. The van der Waals surface area contributed by atoms with E-state index >= 15 is 0 Å². The van der Waals surface area contributed by atoms with Crippen molar-refractivity contribution in [2.75, 3.05) is 0 Å². The third kappa shape index (κ3) is 225. The van der Waals surface area contributed by atoms with Crippen molar-refractivity contribution in [1.82, 2.24) is 0 Å². The maximum atomic E-state index is 10.3. The van der Waals surface area contributed by atoms with Gasteiger partial charge in [-0.15, -0.1) is 0 Å². The maximum Gasteiger partial charge on any atom is 3.00 e. The zero-order chi connectivity index (χ0) is 53.2. The van der Waals surface area contributed by atoms with E-state index in [1.807, 2.05) is 0 Å². The van der Waals surface area contributed by atoms with Gasteiger partial charge in [0.25, 0.3) is 0 Å². The van der Waals surface area contributed by atoms with E-state index in [0.29, 0.717) is 0 Å². The van der Waals surface area contributed by atoms with Gasteiger partial charge in [0, 0.05) is 0 Å². The van der Waals surface area contributed by atoms with Gasteiger partial charge in [0.2, 0.25) is 0 Å². The molecular formula is C30H40Al49O35+147. The summed E-state index contributed by atoms with van der Waals surface area (Å²) in [5.74, 6) is -25.1. The molecule has 0 bridgehead atoms. The molecule has 0 aromatic rings. The molecular weight excluding hydrogens is 2240 g/mol. The minimum atomic E-state index is -2.74. The van der Waals surface area contributed by atoms with Gasteiger partial charge in [0.05, 0.1) is 64.2 Å². The fourth-order valence-corrected chi connectivity index (χ4v) is 3.57. The minimum absolute atomic E-state index is 0. The number of aliphatic carboxylic acids is 15. The molecule has 35 nitrogen and oxygen atoms in total. The Morgan fingerprint density at radius 1 is 0.114 bits per heavy atom. The van der Waals surface area contributed by atoms with Crippen LogP contribution in [0.1, 0.15) is 64.2 Å². The number of hydrogen-bond donors (Lipinski definition) is 20. The van der Waals surface area contributed by atoms with Crippen LogP contribution in [0.25, 0.3) is 0 Å². The molecule has 0 radical (unpaired) electrons.